The fourth-order valence-electron chi connectivity index (χ4n) is 2.55. The van der Waals surface area contributed by atoms with Gasteiger partial charge < -0.3 is 19.7 Å². The molecule has 1 aromatic rings. The molecule has 0 radical (unpaired) electrons. The summed E-state index contributed by atoms with van der Waals surface area (Å²) < 4.78 is 16.8. The highest BCUT2D eigenvalue weighted by Gasteiger charge is 2.37. The Morgan fingerprint density at radius 3 is 2.84 bits per heavy atom. The Kier molecular flexibility index (Phi) is 3.81. The molecule has 0 aromatic carbocycles. The van der Waals surface area contributed by atoms with E-state index in [4.69, 9.17) is 19.7 Å². The van der Waals surface area contributed by atoms with Crippen LogP contribution in [0.1, 0.15) is 56.5 Å². The topological polar surface area (TPSA) is 83.4 Å². The summed E-state index contributed by atoms with van der Waals surface area (Å²) in [5.41, 5.74) is 5.60. The predicted molar refractivity (Wildman–Crippen MR) is 67.3 cm³/mol. The molecule has 19 heavy (non-hydrogen) atoms. The third kappa shape index (κ3) is 2.80. The molecule has 2 aliphatic rings. The second kappa shape index (κ2) is 5.56. The molecular formula is C13H21N3O3. The highest BCUT2D eigenvalue weighted by molar-refractivity contribution is 5.00. The van der Waals surface area contributed by atoms with Crippen LogP contribution < -0.4 is 5.73 Å². The minimum atomic E-state index is -0.101. The molecule has 2 N–H and O–H groups in total. The van der Waals surface area contributed by atoms with E-state index in [2.05, 4.69) is 10.1 Å². The highest BCUT2D eigenvalue weighted by Crippen LogP contribution is 2.42. The third-order valence-corrected chi connectivity index (χ3v) is 3.75. The van der Waals surface area contributed by atoms with Crippen molar-refractivity contribution in [1.29, 1.82) is 0 Å². The normalized spacial score (nSPS) is 28.7. The van der Waals surface area contributed by atoms with Gasteiger partial charge in [-0.1, -0.05) is 5.16 Å². The van der Waals surface area contributed by atoms with Crippen molar-refractivity contribution < 1.29 is 14.0 Å². The molecule has 3 rings (SSSR count). The van der Waals surface area contributed by atoms with Gasteiger partial charge in [-0.05, 0) is 38.5 Å². The maximum atomic E-state index is 5.76. The average Bonchev–Trinajstić information content (AvgIpc) is 2.96. The van der Waals surface area contributed by atoms with Crippen LogP contribution in [0.2, 0.25) is 0 Å². The molecule has 0 amide bonds. The van der Waals surface area contributed by atoms with Crippen LogP contribution in [-0.4, -0.2) is 29.4 Å². The first-order valence-electron chi connectivity index (χ1n) is 7.12. The van der Waals surface area contributed by atoms with E-state index >= 15 is 0 Å². The molecule has 3 unspecified atom stereocenters. The zero-order valence-corrected chi connectivity index (χ0v) is 11.2. The lowest BCUT2D eigenvalue weighted by atomic mass is 10.2. The van der Waals surface area contributed by atoms with E-state index in [-0.39, 0.29) is 18.3 Å². The van der Waals surface area contributed by atoms with Crippen LogP contribution in [-0.2, 0) is 9.47 Å². The lowest BCUT2D eigenvalue weighted by molar-refractivity contribution is 0.0305. The fourth-order valence-corrected chi connectivity index (χ4v) is 2.55. The van der Waals surface area contributed by atoms with Crippen LogP contribution in [0, 0.1) is 5.92 Å². The number of rotatable bonds is 6. The molecule has 2 fully saturated rings. The van der Waals surface area contributed by atoms with Gasteiger partial charge in [-0.3, -0.25) is 0 Å². The smallest absolute Gasteiger partial charge is 0.255 e. The maximum absolute atomic E-state index is 5.76. The maximum Gasteiger partial charge on any atom is 0.255 e. The molecule has 1 aliphatic carbocycles. The SMILES string of the molecule is CCOC(c1noc(C2CCC(CN)O2)n1)C1CC1. The molecule has 3 atom stereocenters. The zero-order chi connectivity index (χ0) is 13.2. The Balaban J connectivity index is 1.68. The first-order valence-corrected chi connectivity index (χ1v) is 7.12. The van der Waals surface area contributed by atoms with E-state index in [1.807, 2.05) is 6.92 Å². The van der Waals surface area contributed by atoms with Crippen molar-refractivity contribution in [2.75, 3.05) is 13.2 Å². The molecule has 6 nitrogen and oxygen atoms in total. The van der Waals surface area contributed by atoms with Crippen molar-refractivity contribution in [2.45, 2.75) is 50.9 Å². The Labute approximate surface area is 112 Å². The van der Waals surface area contributed by atoms with Gasteiger partial charge >= 0.3 is 0 Å². The minimum Gasteiger partial charge on any atom is -0.370 e. The molecular weight excluding hydrogens is 246 g/mol. The molecule has 0 bridgehead atoms. The van der Waals surface area contributed by atoms with Gasteiger partial charge in [0.2, 0.25) is 5.82 Å². The van der Waals surface area contributed by atoms with Crippen LogP contribution in [0.15, 0.2) is 4.52 Å². The van der Waals surface area contributed by atoms with Gasteiger partial charge in [-0.2, -0.15) is 4.98 Å². The summed E-state index contributed by atoms with van der Waals surface area (Å²) in [5, 5.41) is 4.07. The standard InChI is InChI=1S/C13H21N3O3/c1-2-17-11(8-3-4-8)12-15-13(19-16-12)10-6-5-9(7-14)18-10/h8-11H,2-7,14H2,1H3. The van der Waals surface area contributed by atoms with E-state index in [0.29, 0.717) is 30.8 Å². The summed E-state index contributed by atoms with van der Waals surface area (Å²) in [6.45, 7) is 3.20. The molecule has 1 saturated carbocycles. The largest absolute Gasteiger partial charge is 0.370 e. The molecule has 2 heterocycles. The second-order valence-electron chi connectivity index (χ2n) is 5.26. The first kappa shape index (κ1) is 13.0. The molecule has 0 spiro atoms. The van der Waals surface area contributed by atoms with E-state index in [1.165, 1.54) is 12.8 Å². The summed E-state index contributed by atoms with van der Waals surface area (Å²) >= 11 is 0. The average molecular weight is 267 g/mol. The van der Waals surface area contributed by atoms with Crippen molar-refractivity contribution >= 4 is 0 Å². The highest BCUT2D eigenvalue weighted by atomic mass is 16.5. The molecule has 1 aromatic heterocycles. The Morgan fingerprint density at radius 1 is 1.37 bits per heavy atom. The van der Waals surface area contributed by atoms with Crippen molar-refractivity contribution in [3.8, 4) is 0 Å². The number of aromatic nitrogens is 2. The Bertz CT molecular complexity index is 419. The van der Waals surface area contributed by atoms with Gasteiger partial charge in [0.25, 0.3) is 5.89 Å². The van der Waals surface area contributed by atoms with Crippen molar-refractivity contribution in [2.24, 2.45) is 11.7 Å². The van der Waals surface area contributed by atoms with Gasteiger partial charge in [0.15, 0.2) is 0 Å². The number of hydrogen-bond donors (Lipinski definition) is 1. The molecule has 6 heteroatoms. The number of nitrogens with zero attached hydrogens (tertiary/aromatic N) is 2. The molecule has 1 saturated heterocycles. The summed E-state index contributed by atoms with van der Waals surface area (Å²) in [6.07, 6.45) is 4.22. The van der Waals surface area contributed by atoms with Crippen LogP contribution in [0.25, 0.3) is 0 Å². The Hall–Kier alpha value is -0.980. The van der Waals surface area contributed by atoms with Crippen LogP contribution in [0.4, 0.5) is 0 Å². The van der Waals surface area contributed by atoms with Gasteiger partial charge in [-0.15, -0.1) is 0 Å². The van der Waals surface area contributed by atoms with Crippen molar-refractivity contribution in [3.63, 3.8) is 0 Å². The summed E-state index contributed by atoms with van der Waals surface area (Å²) in [4.78, 5) is 4.47. The number of nitrogens with two attached hydrogens (primary N) is 1. The van der Waals surface area contributed by atoms with Crippen molar-refractivity contribution in [1.82, 2.24) is 10.1 Å². The molecule has 106 valence electrons. The lowest BCUT2D eigenvalue weighted by Crippen LogP contribution is -2.18. The van der Waals surface area contributed by atoms with Crippen LogP contribution >= 0.6 is 0 Å². The number of hydrogen-bond acceptors (Lipinski definition) is 6. The minimum absolute atomic E-state index is 0.0193. The third-order valence-electron chi connectivity index (χ3n) is 3.75. The quantitative estimate of drug-likeness (QED) is 0.845. The monoisotopic (exact) mass is 267 g/mol. The summed E-state index contributed by atoms with van der Waals surface area (Å²) in [7, 11) is 0. The first-order chi connectivity index (χ1) is 9.31. The van der Waals surface area contributed by atoms with Gasteiger partial charge in [0.1, 0.15) is 12.2 Å². The number of ether oxygens (including phenoxy) is 2. The van der Waals surface area contributed by atoms with E-state index in [0.717, 1.165) is 12.8 Å². The zero-order valence-electron chi connectivity index (χ0n) is 11.2. The lowest BCUT2D eigenvalue weighted by Gasteiger charge is -2.11. The fraction of sp³-hybridized carbons (Fsp3) is 0.846. The Morgan fingerprint density at radius 2 is 2.21 bits per heavy atom. The second-order valence-corrected chi connectivity index (χ2v) is 5.26. The summed E-state index contributed by atoms with van der Waals surface area (Å²) in [6, 6.07) is 0. The van der Waals surface area contributed by atoms with E-state index in [1.54, 1.807) is 0 Å². The van der Waals surface area contributed by atoms with Gasteiger partial charge in [0.05, 0.1) is 6.10 Å². The van der Waals surface area contributed by atoms with E-state index < -0.39 is 0 Å². The summed E-state index contributed by atoms with van der Waals surface area (Å²) in [5.74, 6) is 1.78. The van der Waals surface area contributed by atoms with Gasteiger partial charge in [0, 0.05) is 13.2 Å². The molecule has 1 aliphatic heterocycles. The van der Waals surface area contributed by atoms with Crippen LogP contribution in [0.5, 0.6) is 0 Å². The van der Waals surface area contributed by atoms with E-state index in [9.17, 15) is 0 Å². The van der Waals surface area contributed by atoms with Crippen molar-refractivity contribution in [3.05, 3.63) is 11.7 Å². The predicted octanol–water partition coefficient (Wildman–Crippen LogP) is 1.74. The van der Waals surface area contributed by atoms with Crippen LogP contribution in [0.3, 0.4) is 0 Å². The van der Waals surface area contributed by atoms with Gasteiger partial charge in [-0.25, -0.2) is 0 Å².